The average molecular weight is 256 g/mol. The van der Waals surface area contributed by atoms with Gasteiger partial charge >= 0.3 is 0 Å². The maximum absolute atomic E-state index is 5.65. The van der Waals surface area contributed by atoms with E-state index in [0.717, 1.165) is 12.4 Å². The van der Waals surface area contributed by atoms with Gasteiger partial charge in [0.1, 0.15) is 11.6 Å². The zero-order chi connectivity index (χ0) is 13.8. The van der Waals surface area contributed by atoms with Crippen molar-refractivity contribution in [2.45, 2.75) is 26.9 Å². The van der Waals surface area contributed by atoms with Crippen molar-refractivity contribution in [3.63, 3.8) is 0 Å². The molecule has 19 heavy (non-hydrogen) atoms. The molecule has 0 amide bonds. The van der Waals surface area contributed by atoms with Gasteiger partial charge in [0.15, 0.2) is 0 Å². The second kappa shape index (κ2) is 5.80. The van der Waals surface area contributed by atoms with E-state index in [9.17, 15) is 0 Å². The lowest BCUT2D eigenvalue weighted by atomic mass is 10.1. The van der Waals surface area contributed by atoms with Crippen molar-refractivity contribution in [1.82, 2.24) is 14.9 Å². The highest BCUT2D eigenvalue weighted by molar-refractivity contribution is 5.30. The van der Waals surface area contributed by atoms with Gasteiger partial charge in [-0.3, -0.25) is 4.90 Å². The molecule has 2 rings (SSSR count). The summed E-state index contributed by atoms with van der Waals surface area (Å²) in [6, 6.07) is 8.26. The first-order chi connectivity index (χ1) is 9.04. The standard InChI is InChI=1S/C15H20N4/c1-11-4-5-13(8-12(11)2)9-19(3)10-15-17-7-6-14(16)18-15/h4-8H,9-10H2,1-3H3,(H2,16,17,18). The number of hydrogen-bond donors (Lipinski definition) is 1. The van der Waals surface area contributed by atoms with Crippen LogP contribution in [0.2, 0.25) is 0 Å². The third kappa shape index (κ3) is 3.76. The first kappa shape index (κ1) is 13.5. The number of benzene rings is 1. The lowest BCUT2D eigenvalue weighted by Gasteiger charge is -2.16. The third-order valence-electron chi connectivity index (χ3n) is 3.16. The summed E-state index contributed by atoms with van der Waals surface area (Å²) in [5.41, 5.74) is 9.60. The molecule has 4 nitrogen and oxygen atoms in total. The molecule has 0 spiro atoms. The van der Waals surface area contributed by atoms with Crippen LogP contribution in [0.4, 0.5) is 5.82 Å². The number of rotatable bonds is 4. The summed E-state index contributed by atoms with van der Waals surface area (Å²) in [5, 5.41) is 0. The van der Waals surface area contributed by atoms with Crippen LogP contribution < -0.4 is 5.73 Å². The Kier molecular flexibility index (Phi) is 4.12. The van der Waals surface area contributed by atoms with Gasteiger partial charge in [-0.1, -0.05) is 18.2 Å². The Morgan fingerprint density at radius 1 is 1.11 bits per heavy atom. The highest BCUT2D eigenvalue weighted by Crippen LogP contribution is 2.12. The normalized spacial score (nSPS) is 10.9. The Balaban J connectivity index is 2.01. The van der Waals surface area contributed by atoms with E-state index >= 15 is 0 Å². The molecule has 2 N–H and O–H groups in total. The van der Waals surface area contributed by atoms with E-state index < -0.39 is 0 Å². The summed E-state index contributed by atoms with van der Waals surface area (Å²) < 4.78 is 0. The highest BCUT2D eigenvalue weighted by atomic mass is 15.1. The van der Waals surface area contributed by atoms with Crippen molar-refractivity contribution < 1.29 is 0 Å². The van der Waals surface area contributed by atoms with Crippen LogP contribution in [0.5, 0.6) is 0 Å². The zero-order valence-electron chi connectivity index (χ0n) is 11.7. The van der Waals surface area contributed by atoms with Gasteiger partial charge in [0.2, 0.25) is 0 Å². The number of anilines is 1. The molecule has 0 bridgehead atoms. The molecular formula is C15H20N4. The largest absolute Gasteiger partial charge is 0.384 e. The molecule has 0 fully saturated rings. The molecule has 1 aromatic heterocycles. The van der Waals surface area contributed by atoms with Crippen molar-refractivity contribution in [3.8, 4) is 0 Å². The van der Waals surface area contributed by atoms with Crippen LogP contribution in [0, 0.1) is 13.8 Å². The van der Waals surface area contributed by atoms with Crippen LogP contribution in [0.15, 0.2) is 30.5 Å². The highest BCUT2D eigenvalue weighted by Gasteiger charge is 2.05. The van der Waals surface area contributed by atoms with Crippen molar-refractivity contribution >= 4 is 5.82 Å². The lowest BCUT2D eigenvalue weighted by molar-refractivity contribution is 0.310. The van der Waals surface area contributed by atoms with E-state index in [4.69, 9.17) is 5.73 Å². The number of nitrogen functional groups attached to an aromatic ring is 1. The summed E-state index contributed by atoms with van der Waals surface area (Å²) in [6.45, 7) is 5.83. The molecule has 0 saturated heterocycles. The van der Waals surface area contributed by atoms with Gasteiger partial charge in [-0.25, -0.2) is 9.97 Å². The van der Waals surface area contributed by atoms with Crippen LogP contribution >= 0.6 is 0 Å². The predicted molar refractivity (Wildman–Crippen MR) is 77.5 cm³/mol. The lowest BCUT2D eigenvalue weighted by Crippen LogP contribution is -2.19. The van der Waals surface area contributed by atoms with E-state index in [-0.39, 0.29) is 0 Å². The quantitative estimate of drug-likeness (QED) is 0.912. The fourth-order valence-corrected chi connectivity index (χ4v) is 2.00. The fraction of sp³-hybridized carbons (Fsp3) is 0.333. The van der Waals surface area contributed by atoms with Gasteiger partial charge in [-0.05, 0) is 43.7 Å². The Hall–Kier alpha value is -1.94. The molecule has 0 aliphatic carbocycles. The molecular weight excluding hydrogens is 236 g/mol. The summed E-state index contributed by atoms with van der Waals surface area (Å²) in [4.78, 5) is 10.6. The fourth-order valence-electron chi connectivity index (χ4n) is 2.00. The minimum absolute atomic E-state index is 0.518. The van der Waals surface area contributed by atoms with Gasteiger partial charge < -0.3 is 5.73 Å². The summed E-state index contributed by atoms with van der Waals surface area (Å²) in [7, 11) is 2.06. The Morgan fingerprint density at radius 2 is 1.89 bits per heavy atom. The van der Waals surface area contributed by atoms with E-state index in [1.807, 2.05) is 0 Å². The van der Waals surface area contributed by atoms with Crippen molar-refractivity contribution in [2.24, 2.45) is 0 Å². The summed E-state index contributed by atoms with van der Waals surface area (Å²) >= 11 is 0. The maximum Gasteiger partial charge on any atom is 0.144 e. The van der Waals surface area contributed by atoms with E-state index in [2.05, 4.69) is 54.0 Å². The molecule has 0 unspecified atom stereocenters. The summed E-state index contributed by atoms with van der Waals surface area (Å²) in [5.74, 6) is 1.27. The topological polar surface area (TPSA) is 55.0 Å². The zero-order valence-corrected chi connectivity index (χ0v) is 11.7. The van der Waals surface area contributed by atoms with Crippen LogP contribution in [-0.4, -0.2) is 21.9 Å². The molecule has 0 atom stereocenters. The number of nitrogens with zero attached hydrogens (tertiary/aromatic N) is 3. The van der Waals surface area contributed by atoms with Crippen LogP contribution in [0.3, 0.4) is 0 Å². The van der Waals surface area contributed by atoms with E-state index in [1.54, 1.807) is 12.3 Å². The Morgan fingerprint density at radius 3 is 2.58 bits per heavy atom. The molecule has 2 aromatic rings. The molecule has 0 radical (unpaired) electrons. The minimum atomic E-state index is 0.518. The maximum atomic E-state index is 5.65. The van der Waals surface area contributed by atoms with Crippen molar-refractivity contribution in [3.05, 3.63) is 53.0 Å². The molecule has 1 aromatic carbocycles. The smallest absolute Gasteiger partial charge is 0.144 e. The first-order valence-electron chi connectivity index (χ1n) is 6.36. The van der Waals surface area contributed by atoms with Crippen LogP contribution in [-0.2, 0) is 13.1 Å². The number of hydrogen-bond acceptors (Lipinski definition) is 4. The van der Waals surface area contributed by atoms with Gasteiger partial charge in [0, 0.05) is 12.7 Å². The van der Waals surface area contributed by atoms with Crippen molar-refractivity contribution in [2.75, 3.05) is 12.8 Å². The summed E-state index contributed by atoms with van der Waals surface area (Å²) in [6.07, 6.45) is 1.70. The average Bonchev–Trinajstić information content (AvgIpc) is 2.34. The number of aryl methyl sites for hydroxylation is 2. The Labute approximate surface area is 114 Å². The van der Waals surface area contributed by atoms with E-state index in [0.29, 0.717) is 12.4 Å². The Bertz CT molecular complexity index is 566. The third-order valence-corrected chi connectivity index (χ3v) is 3.16. The van der Waals surface area contributed by atoms with Gasteiger partial charge in [0.25, 0.3) is 0 Å². The molecule has 100 valence electrons. The minimum Gasteiger partial charge on any atom is -0.384 e. The molecule has 0 saturated carbocycles. The van der Waals surface area contributed by atoms with Crippen LogP contribution in [0.25, 0.3) is 0 Å². The second-order valence-corrected chi connectivity index (χ2v) is 4.99. The molecule has 1 heterocycles. The molecule has 4 heteroatoms. The molecule has 0 aliphatic heterocycles. The molecule has 0 aliphatic rings. The van der Waals surface area contributed by atoms with Gasteiger partial charge in [-0.2, -0.15) is 0 Å². The van der Waals surface area contributed by atoms with Gasteiger partial charge in [0.05, 0.1) is 6.54 Å². The van der Waals surface area contributed by atoms with Crippen LogP contribution in [0.1, 0.15) is 22.5 Å². The van der Waals surface area contributed by atoms with Gasteiger partial charge in [-0.15, -0.1) is 0 Å². The first-order valence-corrected chi connectivity index (χ1v) is 6.36. The van der Waals surface area contributed by atoms with Crippen molar-refractivity contribution in [1.29, 1.82) is 0 Å². The number of nitrogens with two attached hydrogens (primary N) is 1. The second-order valence-electron chi connectivity index (χ2n) is 4.99. The SMILES string of the molecule is Cc1ccc(CN(C)Cc2nccc(N)n2)cc1C. The predicted octanol–water partition coefficient (Wildman–Crippen LogP) is 2.31. The van der Waals surface area contributed by atoms with E-state index in [1.165, 1.54) is 16.7 Å². The monoisotopic (exact) mass is 256 g/mol. The number of aromatic nitrogens is 2.